The van der Waals surface area contributed by atoms with Crippen molar-refractivity contribution in [1.82, 2.24) is 0 Å². The molecule has 1 rings (SSSR count). The summed E-state index contributed by atoms with van der Waals surface area (Å²) in [5.74, 6) is -1.38. The maximum absolute atomic E-state index is 13.0. The summed E-state index contributed by atoms with van der Waals surface area (Å²) in [7, 11) is 0. The maximum atomic E-state index is 13.0. The Labute approximate surface area is 106 Å². The number of carbonyl (C=O) groups is 1. The molecule has 2 nitrogen and oxygen atoms in total. The van der Waals surface area contributed by atoms with Gasteiger partial charge in [0.1, 0.15) is 17.4 Å². The average Bonchev–Trinajstić information content (AvgIpc) is 2.30. The Morgan fingerprint density at radius 3 is 2.06 bits per heavy atom. The Morgan fingerprint density at radius 1 is 1.17 bits per heavy atom. The van der Waals surface area contributed by atoms with Gasteiger partial charge in [-0.2, -0.15) is 0 Å². The number of carbonyl (C=O) groups excluding carboxylic acids is 1. The highest BCUT2D eigenvalue weighted by atomic mass is 19.1. The molecule has 0 aromatic heterocycles. The largest absolute Gasteiger partial charge is 0.329 e. The van der Waals surface area contributed by atoms with Gasteiger partial charge in [-0.3, -0.25) is 4.79 Å². The summed E-state index contributed by atoms with van der Waals surface area (Å²) in [5, 5.41) is 0. The summed E-state index contributed by atoms with van der Waals surface area (Å²) >= 11 is 0. The van der Waals surface area contributed by atoms with E-state index in [9.17, 15) is 13.6 Å². The van der Waals surface area contributed by atoms with Crippen LogP contribution in [0.5, 0.6) is 0 Å². The second kappa shape index (κ2) is 6.05. The fraction of sp³-hybridized carbons (Fsp3) is 0.500. The van der Waals surface area contributed by atoms with E-state index in [2.05, 4.69) is 0 Å². The van der Waals surface area contributed by atoms with Crippen LogP contribution in [0.3, 0.4) is 0 Å². The normalized spacial score (nSPS) is 11.6. The second-order valence-electron chi connectivity index (χ2n) is 4.57. The molecular formula is C14H19F2NO. The van der Waals surface area contributed by atoms with Gasteiger partial charge >= 0.3 is 0 Å². The molecule has 0 fully saturated rings. The van der Waals surface area contributed by atoms with Gasteiger partial charge in [-0.1, -0.05) is 13.8 Å². The van der Waals surface area contributed by atoms with E-state index in [1.54, 1.807) is 0 Å². The van der Waals surface area contributed by atoms with E-state index in [0.717, 1.165) is 6.07 Å². The Balaban J connectivity index is 2.92. The summed E-state index contributed by atoms with van der Waals surface area (Å²) in [6.45, 7) is 4.07. The summed E-state index contributed by atoms with van der Waals surface area (Å²) in [5.41, 5.74) is 5.45. The molecule has 2 N–H and O–H groups in total. The summed E-state index contributed by atoms with van der Waals surface area (Å²) < 4.78 is 26.1. The van der Waals surface area contributed by atoms with Crippen LogP contribution in [0.4, 0.5) is 8.78 Å². The minimum atomic E-state index is -0.663. The molecule has 0 amide bonds. The van der Waals surface area contributed by atoms with Crippen LogP contribution in [0.2, 0.25) is 0 Å². The van der Waals surface area contributed by atoms with Crippen molar-refractivity contribution in [1.29, 1.82) is 0 Å². The zero-order chi connectivity index (χ0) is 13.8. The van der Waals surface area contributed by atoms with Gasteiger partial charge in [0.25, 0.3) is 0 Å². The van der Waals surface area contributed by atoms with Crippen LogP contribution in [0.25, 0.3) is 0 Å². The average molecular weight is 255 g/mol. The lowest BCUT2D eigenvalue weighted by atomic mass is 9.76. The highest BCUT2D eigenvalue weighted by Crippen LogP contribution is 2.28. The molecule has 0 aliphatic heterocycles. The van der Waals surface area contributed by atoms with Crippen molar-refractivity contribution in [2.75, 3.05) is 6.54 Å². The van der Waals surface area contributed by atoms with E-state index >= 15 is 0 Å². The Hall–Kier alpha value is -1.29. The zero-order valence-corrected chi connectivity index (χ0v) is 10.8. The lowest BCUT2D eigenvalue weighted by Gasteiger charge is -2.28. The minimum absolute atomic E-state index is 0.0214. The van der Waals surface area contributed by atoms with Crippen LogP contribution >= 0.6 is 0 Å². The fourth-order valence-electron chi connectivity index (χ4n) is 2.13. The molecule has 0 spiro atoms. The summed E-state index contributed by atoms with van der Waals surface area (Å²) in [4.78, 5) is 12.2. The van der Waals surface area contributed by atoms with Crippen molar-refractivity contribution < 1.29 is 13.6 Å². The Bertz CT molecular complexity index is 399. The number of benzene rings is 1. The molecular weight excluding hydrogens is 236 g/mol. The molecule has 18 heavy (non-hydrogen) atoms. The first-order valence-corrected chi connectivity index (χ1v) is 6.15. The molecule has 0 heterocycles. The molecule has 1 aromatic carbocycles. The number of halogens is 2. The maximum Gasteiger partial charge on any atom is 0.144 e. The third-order valence-corrected chi connectivity index (χ3v) is 3.62. The van der Waals surface area contributed by atoms with Gasteiger partial charge in [-0.15, -0.1) is 0 Å². The van der Waals surface area contributed by atoms with E-state index in [0.29, 0.717) is 18.4 Å². The van der Waals surface area contributed by atoms with Gasteiger partial charge in [0.15, 0.2) is 0 Å². The van der Waals surface area contributed by atoms with Crippen molar-refractivity contribution in [3.8, 4) is 0 Å². The molecule has 0 aliphatic rings. The zero-order valence-electron chi connectivity index (χ0n) is 10.8. The van der Waals surface area contributed by atoms with Crippen molar-refractivity contribution in [3.63, 3.8) is 0 Å². The molecule has 0 aliphatic carbocycles. The molecule has 100 valence electrons. The predicted molar refractivity (Wildman–Crippen MR) is 67.1 cm³/mol. The van der Waals surface area contributed by atoms with Crippen molar-refractivity contribution in [2.45, 2.75) is 33.1 Å². The SMILES string of the molecule is CCC(CC)(CN)C(=O)Cc1cc(F)cc(F)c1. The topological polar surface area (TPSA) is 43.1 Å². The monoisotopic (exact) mass is 255 g/mol. The molecule has 0 saturated heterocycles. The molecule has 0 unspecified atom stereocenters. The number of rotatable bonds is 6. The van der Waals surface area contributed by atoms with Gasteiger partial charge in [-0.25, -0.2) is 8.78 Å². The highest BCUT2D eigenvalue weighted by molar-refractivity contribution is 5.87. The third-order valence-electron chi connectivity index (χ3n) is 3.62. The smallest absolute Gasteiger partial charge is 0.144 e. The predicted octanol–water partition coefficient (Wildman–Crippen LogP) is 2.84. The van der Waals surface area contributed by atoms with Crippen LogP contribution in [0.15, 0.2) is 18.2 Å². The molecule has 0 atom stereocenters. The lowest BCUT2D eigenvalue weighted by molar-refractivity contribution is -0.128. The Kier molecular flexibility index (Phi) is 4.96. The number of ketones is 1. The molecule has 4 heteroatoms. The molecule has 0 saturated carbocycles. The number of hydrogen-bond acceptors (Lipinski definition) is 2. The van der Waals surface area contributed by atoms with Gasteiger partial charge in [-0.05, 0) is 30.5 Å². The standard InChI is InChI=1S/C14H19F2NO/c1-3-14(4-2,9-17)13(18)7-10-5-11(15)8-12(16)6-10/h5-6,8H,3-4,7,9,17H2,1-2H3. The van der Waals surface area contributed by atoms with Gasteiger partial charge in [0.2, 0.25) is 0 Å². The first kappa shape index (κ1) is 14.8. The van der Waals surface area contributed by atoms with E-state index in [4.69, 9.17) is 5.73 Å². The molecule has 0 radical (unpaired) electrons. The first-order chi connectivity index (χ1) is 8.47. The van der Waals surface area contributed by atoms with Crippen molar-refractivity contribution in [2.24, 2.45) is 11.1 Å². The quantitative estimate of drug-likeness (QED) is 0.849. The molecule has 0 bridgehead atoms. The van der Waals surface area contributed by atoms with E-state index in [1.807, 2.05) is 13.8 Å². The van der Waals surface area contributed by atoms with Gasteiger partial charge in [0.05, 0.1) is 0 Å². The summed E-state index contributed by atoms with van der Waals surface area (Å²) in [6, 6.07) is 3.17. The van der Waals surface area contributed by atoms with E-state index in [1.165, 1.54) is 12.1 Å². The van der Waals surface area contributed by atoms with Crippen molar-refractivity contribution in [3.05, 3.63) is 35.4 Å². The van der Waals surface area contributed by atoms with Crippen LogP contribution in [-0.4, -0.2) is 12.3 Å². The third kappa shape index (κ3) is 3.13. The second-order valence-corrected chi connectivity index (χ2v) is 4.57. The van der Waals surface area contributed by atoms with Crippen LogP contribution < -0.4 is 5.73 Å². The number of Topliss-reactive ketones (excluding diaryl/α,β-unsaturated/α-hetero) is 1. The van der Waals surface area contributed by atoms with E-state index < -0.39 is 17.0 Å². The van der Waals surface area contributed by atoms with Gasteiger partial charge < -0.3 is 5.73 Å². The van der Waals surface area contributed by atoms with E-state index in [-0.39, 0.29) is 18.7 Å². The van der Waals surface area contributed by atoms with Crippen LogP contribution in [0.1, 0.15) is 32.3 Å². The van der Waals surface area contributed by atoms with Crippen LogP contribution in [0, 0.1) is 17.0 Å². The number of nitrogens with two attached hydrogens (primary N) is 1. The molecule has 1 aromatic rings. The fourth-order valence-corrected chi connectivity index (χ4v) is 2.13. The van der Waals surface area contributed by atoms with Crippen molar-refractivity contribution >= 4 is 5.78 Å². The first-order valence-electron chi connectivity index (χ1n) is 6.15. The Morgan fingerprint density at radius 2 is 1.67 bits per heavy atom. The van der Waals surface area contributed by atoms with Gasteiger partial charge in [0, 0.05) is 24.4 Å². The van der Waals surface area contributed by atoms with Crippen LogP contribution in [-0.2, 0) is 11.2 Å². The highest BCUT2D eigenvalue weighted by Gasteiger charge is 2.32. The summed E-state index contributed by atoms with van der Waals surface area (Å²) in [6.07, 6.45) is 1.29. The number of hydrogen-bond donors (Lipinski definition) is 1. The minimum Gasteiger partial charge on any atom is -0.329 e. The lowest BCUT2D eigenvalue weighted by Crippen LogP contribution is -2.38.